The first-order chi connectivity index (χ1) is 8.41. The summed E-state index contributed by atoms with van der Waals surface area (Å²) in [6.07, 6.45) is -1.49. The molecule has 96 valence electrons. The Balaban J connectivity index is 2.46. The average Bonchev–Trinajstić information content (AvgIpc) is 2.77. The minimum atomic E-state index is -4.45. The van der Waals surface area contributed by atoms with Gasteiger partial charge < -0.3 is 5.11 Å². The Morgan fingerprint density at radius 2 is 2.06 bits per heavy atom. The minimum absolute atomic E-state index is 0.163. The number of pyridine rings is 1. The van der Waals surface area contributed by atoms with Gasteiger partial charge in [0.15, 0.2) is 5.82 Å². The van der Waals surface area contributed by atoms with Crippen LogP contribution in [0.4, 0.5) is 13.2 Å². The van der Waals surface area contributed by atoms with Crippen LogP contribution in [0.25, 0.3) is 5.82 Å². The second kappa shape index (κ2) is 4.69. The van der Waals surface area contributed by atoms with Crippen molar-refractivity contribution in [2.45, 2.75) is 12.8 Å². The van der Waals surface area contributed by atoms with E-state index in [4.69, 9.17) is 5.11 Å². The SMILES string of the molecule is OCc1cc(Br)cnc1-n1cc(C(F)(F)F)cn1. The van der Waals surface area contributed by atoms with Gasteiger partial charge in [-0.3, -0.25) is 0 Å². The lowest BCUT2D eigenvalue weighted by molar-refractivity contribution is -0.137. The standard InChI is InChI=1S/C10H7BrF3N3O/c11-8-1-6(5-18)9(15-3-8)17-4-7(2-16-17)10(12,13)14/h1-4,18H,5H2. The molecule has 2 rings (SSSR count). The van der Waals surface area contributed by atoms with Crippen molar-refractivity contribution in [1.29, 1.82) is 0 Å². The van der Waals surface area contributed by atoms with Crippen LogP contribution in [-0.4, -0.2) is 19.9 Å². The molecular formula is C10H7BrF3N3O. The highest BCUT2D eigenvalue weighted by Crippen LogP contribution is 2.29. The summed E-state index contributed by atoms with van der Waals surface area (Å²) in [5, 5.41) is 12.7. The van der Waals surface area contributed by atoms with Gasteiger partial charge in [-0.25, -0.2) is 9.67 Å². The zero-order chi connectivity index (χ0) is 13.3. The molecule has 0 fully saturated rings. The van der Waals surface area contributed by atoms with Gasteiger partial charge in [-0.1, -0.05) is 0 Å². The molecule has 18 heavy (non-hydrogen) atoms. The van der Waals surface area contributed by atoms with Crippen LogP contribution in [0.1, 0.15) is 11.1 Å². The minimum Gasteiger partial charge on any atom is -0.392 e. The molecule has 2 aromatic heterocycles. The number of aromatic nitrogens is 3. The molecule has 0 aliphatic carbocycles. The van der Waals surface area contributed by atoms with Crippen LogP contribution in [0.3, 0.4) is 0 Å². The number of halogens is 4. The quantitative estimate of drug-likeness (QED) is 0.924. The van der Waals surface area contributed by atoms with Crippen molar-refractivity contribution < 1.29 is 18.3 Å². The average molecular weight is 322 g/mol. The van der Waals surface area contributed by atoms with Crippen LogP contribution in [-0.2, 0) is 12.8 Å². The van der Waals surface area contributed by atoms with E-state index in [1.807, 2.05) is 0 Å². The van der Waals surface area contributed by atoms with Gasteiger partial charge in [-0.05, 0) is 22.0 Å². The van der Waals surface area contributed by atoms with E-state index in [9.17, 15) is 13.2 Å². The van der Waals surface area contributed by atoms with Crippen molar-refractivity contribution in [2.24, 2.45) is 0 Å². The third-order valence-corrected chi connectivity index (χ3v) is 2.64. The molecule has 8 heteroatoms. The summed E-state index contributed by atoms with van der Waals surface area (Å²) >= 11 is 3.16. The number of aliphatic hydroxyl groups is 1. The van der Waals surface area contributed by atoms with Gasteiger partial charge in [0.25, 0.3) is 0 Å². The van der Waals surface area contributed by atoms with Crippen LogP contribution in [0.2, 0.25) is 0 Å². The highest BCUT2D eigenvalue weighted by atomic mass is 79.9. The molecule has 2 heterocycles. The zero-order valence-electron chi connectivity index (χ0n) is 8.82. The first-order valence-corrected chi connectivity index (χ1v) is 5.58. The number of nitrogens with zero attached hydrogens (tertiary/aromatic N) is 3. The summed E-state index contributed by atoms with van der Waals surface area (Å²) in [5.41, 5.74) is -0.489. The first kappa shape index (κ1) is 13.0. The molecule has 0 saturated carbocycles. The van der Waals surface area contributed by atoms with Crippen LogP contribution in [0, 0.1) is 0 Å². The second-order valence-electron chi connectivity index (χ2n) is 3.47. The lowest BCUT2D eigenvalue weighted by Crippen LogP contribution is -2.05. The molecule has 0 bridgehead atoms. The predicted molar refractivity (Wildman–Crippen MR) is 60.0 cm³/mol. The zero-order valence-corrected chi connectivity index (χ0v) is 10.4. The van der Waals surface area contributed by atoms with E-state index < -0.39 is 11.7 Å². The highest BCUT2D eigenvalue weighted by Gasteiger charge is 2.32. The van der Waals surface area contributed by atoms with Crippen molar-refractivity contribution in [3.63, 3.8) is 0 Å². The number of alkyl halides is 3. The third kappa shape index (κ3) is 2.54. The Kier molecular flexibility index (Phi) is 3.40. The van der Waals surface area contributed by atoms with E-state index in [0.29, 0.717) is 16.2 Å². The van der Waals surface area contributed by atoms with E-state index in [1.165, 1.54) is 6.20 Å². The second-order valence-corrected chi connectivity index (χ2v) is 4.38. The van der Waals surface area contributed by atoms with Gasteiger partial charge in [0.05, 0.1) is 18.4 Å². The van der Waals surface area contributed by atoms with Crippen molar-refractivity contribution in [3.8, 4) is 5.82 Å². The fourth-order valence-corrected chi connectivity index (χ4v) is 1.76. The summed E-state index contributed by atoms with van der Waals surface area (Å²) in [6.45, 7) is -0.344. The maximum absolute atomic E-state index is 12.4. The fraction of sp³-hybridized carbons (Fsp3) is 0.200. The molecule has 0 radical (unpaired) electrons. The van der Waals surface area contributed by atoms with E-state index in [0.717, 1.165) is 10.9 Å². The monoisotopic (exact) mass is 321 g/mol. The van der Waals surface area contributed by atoms with E-state index >= 15 is 0 Å². The molecule has 0 atom stereocenters. The Labute approximate surface area is 108 Å². The largest absolute Gasteiger partial charge is 0.419 e. The molecule has 1 N–H and O–H groups in total. The molecule has 0 aliphatic heterocycles. The maximum Gasteiger partial charge on any atom is 0.419 e. The van der Waals surface area contributed by atoms with Gasteiger partial charge in [0.1, 0.15) is 0 Å². The first-order valence-electron chi connectivity index (χ1n) is 4.79. The number of hydrogen-bond donors (Lipinski definition) is 1. The molecule has 0 aliphatic rings. The number of rotatable bonds is 2. The van der Waals surface area contributed by atoms with Crippen molar-refractivity contribution in [3.05, 3.63) is 40.3 Å². The Morgan fingerprint density at radius 1 is 1.33 bits per heavy atom. The topological polar surface area (TPSA) is 50.9 Å². The lowest BCUT2D eigenvalue weighted by atomic mass is 10.3. The van der Waals surface area contributed by atoms with Crippen LogP contribution in [0.15, 0.2) is 29.1 Å². The van der Waals surface area contributed by atoms with Gasteiger partial charge in [0.2, 0.25) is 0 Å². The third-order valence-electron chi connectivity index (χ3n) is 2.21. The fourth-order valence-electron chi connectivity index (χ4n) is 1.38. The van der Waals surface area contributed by atoms with E-state index in [1.54, 1.807) is 6.07 Å². The van der Waals surface area contributed by atoms with Crippen LogP contribution >= 0.6 is 15.9 Å². The van der Waals surface area contributed by atoms with Crippen LogP contribution < -0.4 is 0 Å². The summed E-state index contributed by atoms with van der Waals surface area (Å²) in [4.78, 5) is 3.94. The van der Waals surface area contributed by atoms with E-state index in [2.05, 4.69) is 26.0 Å². The van der Waals surface area contributed by atoms with Crippen molar-refractivity contribution >= 4 is 15.9 Å². The van der Waals surface area contributed by atoms with Gasteiger partial charge in [-0.15, -0.1) is 0 Å². The Hall–Kier alpha value is -1.41. The summed E-state index contributed by atoms with van der Waals surface area (Å²) in [7, 11) is 0. The molecular weight excluding hydrogens is 315 g/mol. The molecule has 0 amide bonds. The van der Waals surface area contributed by atoms with Gasteiger partial charge in [-0.2, -0.15) is 18.3 Å². The molecule has 0 unspecified atom stereocenters. The van der Waals surface area contributed by atoms with Crippen molar-refractivity contribution in [1.82, 2.24) is 14.8 Å². The smallest absolute Gasteiger partial charge is 0.392 e. The highest BCUT2D eigenvalue weighted by molar-refractivity contribution is 9.10. The summed E-state index contributed by atoms with van der Waals surface area (Å²) < 4.78 is 38.9. The molecule has 0 saturated heterocycles. The van der Waals surface area contributed by atoms with Crippen LogP contribution in [0.5, 0.6) is 0 Å². The molecule has 4 nitrogen and oxygen atoms in total. The Morgan fingerprint density at radius 3 is 2.61 bits per heavy atom. The normalized spacial score (nSPS) is 11.8. The predicted octanol–water partition coefficient (Wildman–Crippen LogP) is 2.54. The summed E-state index contributed by atoms with van der Waals surface area (Å²) in [6, 6.07) is 1.57. The molecule has 0 aromatic carbocycles. The Bertz CT molecular complexity index is 568. The lowest BCUT2D eigenvalue weighted by Gasteiger charge is -2.06. The number of hydrogen-bond acceptors (Lipinski definition) is 3. The molecule has 0 spiro atoms. The molecule has 2 aromatic rings. The number of aliphatic hydroxyl groups excluding tert-OH is 1. The maximum atomic E-state index is 12.4. The van der Waals surface area contributed by atoms with E-state index in [-0.39, 0.29) is 12.4 Å². The van der Waals surface area contributed by atoms with Gasteiger partial charge >= 0.3 is 6.18 Å². The van der Waals surface area contributed by atoms with Crippen molar-refractivity contribution in [2.75, 3.05) is 0 Å². The summed E-state index contributed by atoms with van der Waals surface area (Å²) in [5.74, 6) is 0.163. The van der Waals surface area contributed by atoms with Gasteiger partial charge in [0, 0.05) is 22.4 Å².